The van der Waals surface area contributed by atoms with E-state index in [1.807, 2.05) is 13.8 Å². The average molecular weight is 255 g/mol. The van der Waals surface area contributed by atoms with Crippen LogP contribution in [0.3, 0.4) is 0 Å². The number of benzene rings is 1. The molecule has 4 nitrogen and oxygen atoms in total. The lowest BCUT2D eigenvalue weighted by Crippen LogP contribution is -2.45. The third kappa shape index (κ3) is 1.82. The molecule has 1 atom stereocenters. The third-order valence-electron chi connectivity index (χ3n) is 3.18. The van der Waals surface area contributed by atoms with Crippen molar-refractivity contribution in [3.05, 3.63) is 40.1 Å². The Morgan fingerprint density at radius 3 is 2.29 bits per heavy atom. The summed E-state index contributed by atoms with van der Waals surface area (Å²) in [6.07, 6.45) is -0.587. The standard InChI is InChI=1S/C12H15ClN2O2/c1-8-14(16)11(12(2,3)15(8)17)9-4-6-10(13)7-5-9/h4-8,17H,1-3H3/t8-/m0/s1. The predicted molar refractivity (Wildman–Crippen MR) is 66.4 cm³/mol. The van der Waals surface area contributed by atoms with Crippen molar-refractivity contribution in [3.8, 4) is 0 Å². The Kier molecular flexibility index (Phi) is 2.89. The van der Waals surface area contributed by atoms with Crippen LogP contribution in [0.25, 0.3) is 0 Å². The van der Waals surface area contributed by atoms with E-state index in [-0.39, 0.29) is 0 Å². The summed E-state index contributed by atoms with van der Waals surface area (Å²) < 4.78 is 0.837. The second-order valence-electron chi connectivity index (χ2n) is 4.72. The molecule has 1 aromatic carbocycles. The maximum absolute atomic E-state index is 12.1. The molecule has 5 heteroatoms. The molecule has 0 fully saturated rings. The van der Waals surface area contributed by atoms with Gasteiger partial charge in [-0.05, 0) is 38.1 Å². The first-order valence-corrected chi connectivity index (χ1v) is 5.81. The Labute approximate surface area is 105 Å². The van der Waals surface area contributed by atoms with Crippen molar-refractivity contribution in [2.45, 2.75) is 32.5 Å². The predicted octanol–water partition coefficient (Wildman–Crippen LogP) is 2.47. The number of hydrogen-bond donors (Lipinski definition) is 1. The van der Waals surface area contributed by atoms with Crippen LogP contribution in [0.4, 0.5) is 0 Å². The first kappa shape index (κ1) is 12.4. The second kappa shape index (κ2) is 3.98. The van der Waals surface area contributed by atoms with Crippen molar-refractivity contribution in [3.63, 3.8) is 0 Å². The molecule has 0 aromatic heterocycles. The van der Waals surface area contributed by atoms with Crippen molar-refractivity contribution in [1.29, 1.82) is 0 Å². The minimum Gasteiger partial charge on any atom is -0.622 e. The lowest BCUT2D eigenvalue weighted by Gasteiger charge is -2.24. The molecule has 1 aliphatic rings. The summed E-state index contributed by atoms with van der Waals surface area (Å²) in [5.41, 5.74) is 0.608. The molecule has 0 aliphatic carbocycles. The highest BCUT2D eigenvalue weighted by atomic mass is 35.5. The van der Waals surface area contributed by atoms with Crippen molar-refractivity contribution in [2.75, 3.05) is 0 Å². The van der Waals surface area contributed by atoms with Crippen LogP contribution in [0.2, 0.25) is 5.02 Å². The van der Waals surface area contributed by atoms with Gasteiger partial charge in [-0.3, -0.25) is 0 Å². The highest BCUT2D eigenvalue weighted by Gasteiger charge is 2.49. The van der Waals surface area contributed by atoms with Crippen LogP contribution in [0, 0.1) is 5.21 Å². The topological polar surface area (TPSA) is 49.5 Å². The highest BCUT2D eigenvalue weighted by molar-refractivity contribution is 6.30. The minimum absolute atomic E-state index is 0.546. The van der Waals surface area contributed by atoms with Gasteiger partial charge >= 0.3 is 0 Å². The van der Waals surface area contributed by atoms with Crippen molar-refractivity contribution < 1.29 is 9.95 Å². The molecule has 2 rings (SSSR count). The van der Waals surface area contributed by atoms with Gasteiger partial charge in [-0.2, -0.15) is 4.74 Å². The largest absolute Gasteiger partial charge is 0.622 e. The van der Waals surface area contributed by atoms with Crippen LogP contribution >= 0.6 is 11.6 Å². The summed E-state index contributed by atoms with van der Waals surface area (Å²) in [5, 5.41) is 23.7. The smallest absolute Gasteiger partial charge is 0.238 e. The summed E-state index contributed by atoms with van der Waals surface area (Å²) in [5.74, 6) is 0. The minimum atomic E-state index is -0.713. The van der Waals surface area contributed by atoms with Crippen molar-refractivity contribution in [2.24, 2.45) is 0 Å². The van der Waals surface area contributed by atoms with Crippen LogP contribution in [0.1, 0.15) is 26.3 Å². The molecule has 92 valence electrons. The van der Waals surface area contributed by atoms with E-state index in [1.165, 1.54) is 0 Å². The Bertz CT molecular complexity index is 468. The lowest BCUT2D eigenvalue weighted by molar-refractivity contribution is -0.531. The Morgan fingerprint density at radius 1 is 1.35 bits per heavy atom. The zero-order valence-corrected chi connectivity index (χ0v) is 10.8. The molecule has 0 spiro atoms. The molecule has 0 bridgehead atoms. The van der Waals surface area contributed by atoms with Gasteiger partial charge in [0.1, 0.15) is 5.54 Å². The second-order valence-corrected chi connectivity index (χ2v) is 5.15. The molecule has 0 unspecified atom stereocenters. The summed E-state index contributed by atoms with van der Waals surface area (Å²) in [6, 6.07) is 7.05. The molecule has 1 N–H and O–H groups in total. The van der Waals surface area contributed by atoms with E-state index in [0.717, 1.165) is 15.4 Å². The normalized spacial score (nSPS) is 24.4. The van der Waals surface area contributed by atoms with Crippen LogP contribution in [0.15, 0.2) is 24.3 Å². The van der Waals surface area contributed by atoms with Gasteiger partial charge in [0.25, 0.3) is 0 Å². The third-order valence-corrected chi connectivity index (χ3v) is 3.44. The molecular weight excluding hydrogens is 240 g/mol. The van der Waals surface area contributed by atoms with Crippen LogP contribution in [0.5, 0.6) is 0 Å². The first-order valence-electron chi connectivity index (χ1n) is 5.43. The molecule has 0 saturated heterocycles. The first-order chi connectivity index (χ1) is 7.85. The van der Waals surface area contributed by atoms with Crippen molar-refractivity contribution in [1.82, 2.24) is 5.06 Å². The van der Waals surface area contributed by atoms with E-state index in [1.54, 1.807) is 31.2 Å². The van der Waals surface area contributed by atoms with E-state index in [0.29, 0.717) is 10.7 Å². The summed E-state index contributed by atoms with van der Waals surface area (Å²) in [7, 11) is 0. The Morgan fingerprint density at radius 2 is 1.88 bits per heavy atom. The van der Waals surface area contributed by atoms with Gasteiger partial charge in [-0.15, -0.1) is 5.06 Å². The van der Waals surface area contributed by atoms with E-state index in [4.69, 9.17) is 11.6 Å². The number of hydroxylamine groups is 3. The van der Waals surface area contributed by atoms with Gasteiger partial charge in [0, 0.05) is 17.5 Å². The maximum Gasteiger partial charge on any atom is 0.238 e. The number of nitrogens with zero attached hydrogens (tertiary/aromatic N) is 2. The summed E-state index contributed by atoms with van der Waals surface area (Å²) >= 11 is 5.82. The molecule has 1 heterocycles. The van der Waals surface area contributed by atoms with Gasteiger partial charge in [-0.25, -0.2) is 0 Å². The maximum atomic E-state index is 12.1. The van der Waals surface area contributed by atoms with Gasteiger partial charge in [0.15, 0.2) is 0 Å². The average Bonchev–Trinajstić information content (AvgIpc) is 2.42. The van der Waals surface area contributed by atoms with E-state index >= 15 is 0 Å². The van der Waals surface area contributed by atoms with Gasteiger partial charge in [0.05, 0.1) is 0 Å². The van der Waals surface area contributed by atoms with Crippen LogP contribution < -0.4 is 0 Å². The lowest BCUT2D eigenvalue weighted by atomic mass is 9.93. The fourth-order valence-electron chi connectivity index (χ4n) is 2.22. The van der Waals surface area contributed by atoms with E-state index in [2.05, 4.69) is 0 Å². The van der Waals surface area contributed by atoms with E-state index < -0.39 is 11.7 Å². The number of hydrogen-bond acceptors (Lipinski definition) is 3. The number of halogens is 1. The Balaban J connectivity index is 2.53. The number of rotatable bonds is 1. The fourth-order valence-corrected chi connectivity index (χ4v) is 2.35. The van der Waals surface area contributed by atoms with Gasteiger partial charge < -0.3 is 10.4 Å². The summed E-state index contributed by atoms with van der Waals surface area (Å²) in [4.78, 5) is 0. The zero-order valence-electron chi connectivity index (χ0n) is 10.0. The van der Waals surface area contributed by atoms with E-state index in [9.17, 15) is 10.4 Å². The fraction of sp³-hybridized carbons (Fsp3) is 0.417. The quantitative estimate of drug-likeness (QED) is 0.619. The van der Waals surface area contributed by atoms with Crippen LogP contribution in [-0.4, -0.2) is 32.4 Å². The molecule has 17 heavy (non-hydrogen) atoms. The SMILES string of the molecule is C[C@@H]1N(O)C(C)(C)C(c2ccc(Cl)cc2)=[N+]1[O-]. The highest BCUT2D eigenvalue weighted by Crippen LogP contribution is 2.28. The summed E-state index contributed by atoms with van der Waals surface area (Å²) in [6.45, 7) is 5.29. The monoisotopic (exact) mass is 254 g/mol. The van der Waals surface area contributed by atoms with Crippen LogP contribution in [-0.2, 0) is 0 Å². The molecule has 0 amide bonds. The Hall–Kier alpha value is -1.10. The zero-order chi connectivity index (χ0) is 12.8. The van der Waals surface area contributed by atoms with Crippen molar-refractivity contribution >= 4 is 17.3 Å². The van der Waals surface area contributed by atoms with Gasteiger partial charge in [-0.1, -0.05) is 11.6 Å². The molecule has 1 aliphatic heterocycles. The molecular formula is C12H15ClN2O2. The molecule has 1 aromatic rings. The molecule has 0 radical (unpaired) electrons. The molecule has 0 saturated carbocycles. The van der Waals surface area contributed by atoms with Gasteiger partial charge in [0.2, 0.25) is 11.9 Å².